The average Bonchev–Trinajstić information content (AvgIpc) is 3.11. The molecule has 3 rings (SSSR count). The molecule has 6 nitrogen and oxygen atoms in total. The quantitative estimate of drug-likeness (QED) is 0.854. The molecule has 2 unspecified atom stereocenters. The van der Waals surface area contributed by atoms with E-state index in [2.05, 4.69) is 16.9 Å². The molecule has 2 aromatic heterocycles. The van der Waals surface area contributed by atoms with Crippen molar-refractivity contribution in [2.24, 2.45) is 0 Å². The number of hydrogen-bond donors (Lipinski definition) is 1. The molecule has 112 valence electrons. The SMILES string of the molecule is CC(C1CCCO1)n1c(SCC(=O)O)nc2cccnc21. The minimum absolute atomic E-state index is 0.0123. The highest BCUT2D eigenvalue weighted by atomic mass is 32.2. The van der Waals surface area contributed by atoms with Gasteiger partial charge in [0.15, 0.2) is 10.8 Å². The summed E-state index contributed by atoms with van der Waals surface area (Å²) in [4.78, 5) is 19.8. The van der Waals surface area contributed by atoms with E-state index in [0.29, 0.717) is 5.16 Å². The van der Waals surface area contributed by atoms with Crippen molar-refractivity contribution in [3.05, 3.63) is 18.3 Å². The van der Waals surface area contributed by atoms with Gasteiger partial charge in [0.05, 0.1) is 17.9 Å². The van der Waals surface area contributed by atoms with Crippen molar-refractivity contribution in [2.75, 3.05) is 12.4 Å². The second-order valence-electron chi connectivity index (χ2n) is 5.09. The summed E-state index contributed by atoms with van der Waals surface area (Å²) in [5.41, 5.74) is 1.57. The van der Waals surface area contributed by atoms with Crippen LogP contribution in [0.3, 0.4) is 0 Å². The lowest BCUT2D eigenvalue weighted by Gasteiger charge is -2.22. The minimum Gasteiger partial charge on any atom is -0.481 e. The molecule has 0 bridgehead atoms. The van der Waals surface area contributed by atoms with Crippen LogP contribution in [-0.2, 0) is 9.53 Å². The fourth-order valence-electron chi connectivity index (χ4n) is 2.65. The predicted molar refractivity (Wildman–Crippen MR) is 79.6 cm³/mol. The Morgan fingerprint density at radius 2 is 2.52 bits per heavy atom. The number of carboxylic acid groups (broad SMARTS) is 1. The van der Waals surface area contributed by atoms with Crippen molar-refractivity contribution >= 4 is 28.9 Å². The molecule has 0 amide bonds. The maximum atomic E-state index is 10.8. The first kappa shape index (κ1) is 14.3. The highest BCUT2D eigenvalue weighted by Crippen LogP contribution is 2.32. The summed E-state index contributed by atoms with van der Waals surface area (Å²) >= 11 is 1.22. The summed E-state index contributed by atoms with van der Waals surface area (Å²) in [5.74, 6) is -0.863. The van der Waals surface area contributed by atoms with E-state index in [4.69, 9.17) is 9.84 Å². The van der Waals surface area contributed by atoms with Crippen LogP contribution in [0, 0.1) is 0 Å². The lowest BCUT2D eigenvalue weighted by molar-refractivity contribution is -0.133. The Labute approximate surface area is 126 Å². The fourth-order valence-corrected chi connectivity index (χ4v) is 3.46. The van der Waals surface area contributed by atoms with E-state index in [-0.39, 0.29) is 17.9 Å². The summed E-state index contributed by atoms with van der Waals surface area (Å²) in [6.45, 7) is 2.86. The third-order valence-corrected chi connectivity index (χ3v) is 4.59. The maximum absolute atomic E-state index is 10.8. The number of pyridine rings is 1. The second-order valence-corrected chi connectivity index (χ2v) is 6.03. The molecule has 1 fully saturated rings. The van der Waals surface area contributed by atoms with Crippen LogP contribution in [0.4, 0.5) is 0 Å². The Kier molecular flexibility index (Phi) is 4.12. The van der Waals surface area contributed by atoms with Crippen molar-refractivity contribution in [2.45, 2.75) is 37.1 Å². The zero-order valence-corrected chi connectivity index (χ0v) is 12.5. The molecule has 1 aliphatic rings. The first-order valence-electron chi connectivity index (χ1n) is 6.96. The summed E-state index contributed by atoms with van der Waals surface area (Å²) in [6, 6.07) is 3.82. The number of thioether (sulfide) groups is 1. The number of aromatic nitrogens is 3. The predicted octanol–water partition coefficient (Wildman–Crippen LogP) is 2.35. The third kappa shape index (κ3) is 2.89. The molecule has 0 radical (unpaired) electrons. The van der Waals surface area contributed by atoms with E-state index in [9.17, 15) is 4.79 Å². The van der Waals surface area contributed by atoms with Crippen LogP contribution in [0.5, 0.6) is 0 Å². The largest absolute Gasteiger partial charge is 0.481 e. The number of nitrogens with zero attached hydrogens (tertiary/aromatic N) is 3. The molecule has 0 spiro atoms. The number of carbonyl (C=O) groups is 1. The highest BCUT2D eigenvalue weighted by molar-refractivity contribution is 7.99. The molecule has 21 heavy (non-hydrogen) atoms. The normalized spacial score (nSPS) is 20.0. The Morgan fingerprint density at radius 1 is 1.67 bits per heavy atom. The van der Waals surface area contributed by atoms with E-state index >= 15 is 0 Å². The highest BCUT2D eigenvalue weighted by Gasteiger charge is 2.27. The number of imidazole rings is 1. The molecule has 0 aromatic carbocycles. The molecule has 0 saturated carbocycles. The van der Waals surface area contributed by atoms with Crippen LogP contribution in [0.25, 0.3) is 11.2 Å². The molecule has 1 aliphatic heterocycles. The Bertz CT molecular complexity index is 652. The van der Waals surface area contributed by atoms with Gasteiger partial charge in [0, 0.05) is 12.8 Å². The van der Waals surface area contributed by atoms with Gasteiger partial charge in [-0.25, -0.2) is 9.97 Å². The van der Waals surface area contributed by atoms with Crippen molar-refractivity contribution in [1.82, 2.24) is 14.5 Å². The zero-order valence-electron chi connectivity index (χ0n) is 11.7. The molecular weight excluding hydrogens is 290 g/mol. The fraction of sp³-hybridized carbons (Fsp3) is 0.500. The van der Waals surface area contributed by atoms with E-state index in [1.807, 2.05) is 16.7 Å². The number of rotatable bonds is 5. The van der Waals surface area contributed by atoms with Crippen LogP contribution in [0.15, 0.2) is 23.5 Å². The van der Waals surface area contributed by atoms with Gasteiger partial charge in [-0.05, 0) is 31.9 Å². The lowest BCUT2D eigenvalue weighted by Crippen LogP contribution is -2.22. The Morgan fingerprint density at radius 3 is 3.24 bits per heavy atom. The zero-order chi connectivity index (χ0) is 14.8. The first-order valence-corrected chi connectivity index (χ1v) is 7.94. The van der Waals surface area contributed by atoms with Crippen molar-refractivity contribution in [1.29, 1.82) is 0 Å². The molecule has 2 atom stereocenters. The minimum atomic E-state index is -0.851. The number of carboxylic acids is 1. The van der Waals surface area contributed by atoms with Crippen LogP contribution in [0.1, 0.15) is 25.8 Å². The standard InChI is InChI=1S/C14H17N3O3S/c1-9(11-5-3-7-20-11)17-13-10(4-2-6-15-13)16-14(17)21-8-12(18)19/h2,4,6,9,11H,3,5,7-8H2,1H3,(H,18,19). The summed E-state index contributed by atoms with van der Waals surface area (Å²) in [6.07, 6.45) is 3.94. The smallest absolute Gasteiger partial charge is 0.313 e. The van der Waals surface area contributed by atoms with E-state index in [0.717, 1.165) is 30.6 Å². The van der Waals surface area contributed by atoms with Crippen molar-refractivity contribution < 1.29 is 14.6 Å². The van der Waals surface area contributed by atoms with Gasteiger partial charge >= 0.3 is 5.97 Å². The lowest BCUT2D eigenvalue weighted by atomic mass is 10.1. The molecule has 1 saturated heterocycles. The topological polar surface area (TPSA) is 77.2 Å². The van der Waals surface area contributed by atoms with E-state index < -0.39 is 5.97 Å². The summed E-state index contributed by atoms with van der Waals surface area (Å²) < 4.78 is 7.78. The van der Waals surface area contributed by atoms with Crippen LogP contribution in [-0.4, -0.2) is 44.1 Å². The van der Waals surface area contributed by atoms with Gasteiger partial charge in [-0.15, -0.1) is 0 Å². The molecule has 0 aliphatic carbocycles. The Balaban J connectivity index is 1.99. The van der Waals surface area contributed by atoms with E-state index in [1.54, 1.807) is 6.20 Å². The number of aliphatic carboxylic acids is 1. The second kappa shape index (κ2) is 6.03. The summed E-state index contributed by atoms with van der Waals surface area (Å²) in [7, 11) is 0. The number of ether oxygens (including phenoxy) is 1. The molecule has 3 heterocycles. The molecule has 7 heteroatoms. The van der Waals surface area contributed by atoms with Gasteiger partial charge in [-0.1, -0.05) is 11.8 Å². The van der Waals surface area contributed by atoms with Crippen LogP contribution in [0.2, 0.25) is 0 Å². The Hall–Kier alpha value is -1.60. The van der Waals surface area contributed by atoms with Gasteiger partial charge in [0.2, 0.25) is 0 Å². The van der Waals surface area contributed by atoms with Crippen LogP contribution < -0.4 is 0 Å². The monoisotopic (exact) mass is 307 g/mol. The van der Waals surface area contributed by atoms with Gasteiger partial charge in [-0.2, -0.15) is 0 Å². The van der Waals surface area contributed by atoms with Crippen molar-refractivity contribution in [3.63, 3.8) is 0 Å². The molecule has 2 aromatic rings. The number of fused-ring (bicyclic) bond motifs is 1. The van der Waals surface area contributed by atoms with Crippen LogP contribution >= 0.6 is 11.8 Å². The van der Waals surface area contributed by atoms with Gasteiger partial charge in [0.1, 0.15) is 5.52 Å². The average molecular weight is 307 g/mol. The molecule has 1 N–H and O–H groups in total. The van der Waals surface area contributed by atoms with E-state index in [1.165, 1.54) is 11.8 Å². The van der Waals surface area contributed by atoms with Gasteiger partial charge < -0.3 is 9.84 Å². The maximum Gasteiger partial charge on any atom is 0.313 e. The van der Waals surface area contributed by atoms with Crippen molar-refractivity contribution in [3.8, 4) is 0 Å². The molecular formula is C14H17N3O3S. The van der Waals surface area contributed by atoms with Gasteiger partial charge in [-0.3, -0.25) is 9.36 Å². The first-order chi connectivity index (χ1) is 10.2. The van der Waals surface area contributed by atoms with Gasteiger partial charge in [0.25, 0.3) is 0 Å². The summed E-state index contributed by atoms with van der Waals surface area (Å²) in [5, 5.41) is 9.58. The third-order valence-electron chi connectivity index (χ3n) is 3.65. The number of hydrogen-bond acceptors (Lipinski definition) is 5.